The number of nitro benzene ring substituents is 1. The second-order valence-electron chi connectivity index (χ2n) is 5.12. The van der Waals surface area contributed by atoms with Crippen LogP contribution >= 0.6 is 11.6 Å². The van der Waals surface area contributed by atoms with E-state index >= 15 is 0 Å². The highest BCUT2D eigenvalue weighted by Crippen LogP contribution is 2.22. The first-order valence-corrected chi connectivity index (χ1v) is 6.47. The van der Waals surface area contributed by atoms with E-state index in [9.17, 15) is 20.0 Å². The lowest BCUT2D eigenvalue weighted by Crippen LogP contribution is -2.44. The van der Waals surface area contributed by atoms with Gasteiger partial charge in [-0.2, -0.15) is 0 Å². The number of aliphatic hydroxyl groups is 1. The number of nitrogens with zero attached hydrogens (tertiary/aromatic N) is 1. The summed E-state index contributed by atoms with van der Waals surface area (Å²) in [7, 11) is 0. The number of halogens is 1. The van der Waals surface area contributed by atoms with Crippen molar-refractivity contribution in [3.63, 3.8) is 0 Å². The lowest BCUT2D eigenvalue weighted by Gasteiger charge is -2.27. The number of nitro groups is 1. The van der Waals surface area contributed by atoms with Crippen molar-refractivity contribution in [1.82, 2.24) is 5.32 Å². The molecule has 0 fully saturated rings. The average Bonchev–Trinajstić information content (AvgIpc) is 2.35. The molecule has 0 aliphatic carbocycles. The number of carbonyl (C=O) groups excluding carboxylic acids is 1. The molecule has 0 aliphatic rings. The molecular weight excluding hydrogens is 284 g/mol. The van der Waals surface area contributed by atoms with E-state index in [-0.39, 0.29) is 28.7 Å². The topological polar surface area (TPSA) is 92.5 Å². The summed E-state index contributed by atoms with van der Waals surface area (Å²) in [6.45, 7) is 5.36. The Morgan fingerprint density at radius 3 is 2.60 bits per heavy atom. The maximum Gasteiger partial charge on any atom is 0.270 e. The van der Waals surface area contributed by atoms with Gasteiger partial charge < -0.3 is 10.4 Å². The highest BCUT2D eigenvalue weighted by molar-refractivity contribution is 6.34. The quantitative estimate of drug-likeness (QED) is 0.645. The van der Waals surface area contributed by atoms with E-state index < -0.39 is 16.4 Å². The van der Waals surface area contributed by atoms with Crippen molar-refractivity contribution in [2.45, 2.75) is 26.4 Å². The lowest BCUT2D eigenvalue weighted by atomic mass is 9.92. The molecule has 0 saturated carbocycles. The van der Waals surface area contributed by atoms with Gasteiger partial charge in [-0.05, 0) is 18.9 Å². The van der Waals surface area contributed by atoms with Gasteiger partial charge in [-0.25, -0.2) is 0 Å². The minimum absolute atomic E-state index is 0.000824. The second kappa shape index (κ2) is 6.19. The molecule has 1 atom stereocenters. The normalized spacial score (nSPS) is 13.9. The van der Waals surface area contributed by atoms with Gasteiger partial charge in [-0.15, -0.1) is 0 Å². The van der Waals surface area contributed by atoms with Crippen LogP contribution in [0.2, 0.25) is 5.02 Å². The standard InChI is InChI=1S/C13H17ClN2O4/c1-8(2)13(3,18)7-15-12(17)10-5-4-9(16(19)20)6-11(10)14/h4-6,8,18H,7H2,1-3H3,(H,15,17). The van der Waals surface area contributed by atoms with Crippen LogP contribution in [0.3, 0.4) is 0 Å². The molecule has 1 amide bonds. The van der Waals surface area contributed by atoms with Gasteiger partial charge in [-0.3, -0.25) is 14.9 Å². The zero-order valence-electron chi connectivity index (χ0n) is 11.5. The SMILES string of the molecule is CC(C)C(C)(O)CNC(=O)c1ccc([N+](=O)[O-])cc1Cl. The molecule has 20 heavy (non-hydrogen) atoms. The summed E-state index contributed by atoms with van der Waals surface area (Å²) < 4.78 is 0. The maximum atomic E-state index is 11.9. The molecule has 0 spiro atoms. The van der Waals surface area contributed by atoms with E-state index in [1.165, 1.54) is 12.1 Å². The van der Waals surface area contributed by atoms with Gasteiger partial charge in [0.25, 0.3) is 11.6 Å². The number of non-ortho nitro benzene ring substituents is 1. The van der Waals surface area contributed by atoms with Crippen molar-refractivity contribution in [2.75, 3.05) is 6.54 Å². The Morgan fingerprint density at radius 2 is 2.15 bits per heavy atom. The summed E-state index contributed by atoms with van der Waals surface area (Å²) in [5, 5.41) is 23.2. The van der Waals surface area contributed by atoms with Gasteiger partial charge in [0, 0.05) is 18.7 Å². The molecule has 2 N–H and O–H groups in total. The van der Waals surface area contributed by atoms with Gasteiger partial charge in [-0.1, -0.05) is 25.4 Å². The summed E-state index contributed by atoms with van der Waals surface area (Å²) in [5.41, 5.74) is -1.08. The molecule has 1 aromatic rings. The zero-order valence-corrected chi connectivity index (χ0v) is 12.3. The largest absolute Gasteiger partial charge is 0.388 e. The fourth-order valence-electron chi connectivity index (χ4n) is 1.36. The van der Waals surface area contributed by atoms with Crippen LogP contribution in [0.25, 0.3) is 0 Å². The Labute approximate surface area is 121 Å². The van der Waals surface area contributed by atoms with Crippen LogP contribution in [0, 0.1) is 16.0 Å². The summed E-state index contributed by atoms with van der Waals surface area (Å²) in [6.07, 6.45) is 0. The predicted molar refractivity (Wildman–Crippen MR) is 75.9 cm³/mol. The van der Waals surface area contributed by atoms with Crippen LogP contribution in [0.4, 0.5) is 5.69 Å². The molecular formula is C13H17ClN2O4. The fourth-order valence-corrected chi connectivity index (χ4v) is 1.62. The van der Waals surface area contributed by atoms with E-state index in [1.807, 2.05) is 13.8 Å². The van der Waals surface area contributed by atoms with Crippen molar-refractivity contribution < 1.29 is 14.8 Å². The third-order valence-corrected chi connectivity index (χ3v) is 3.57. The van der Waals surface area contributed by atoms with Gasteiger partial charge >= 0.3 is 0 Å². The monoisotopic (exact) mass is 300 g/mol. The van der Waals surface area contributed by atoms with Gasteiger partial charge in [0.15, 0.2) is 0 Å². The number of nitrogens with one attached hydrogen (secondary N) is 1. The van der Waals surface area contributed by atoms with Crippen molar-refractivity contribution in [1.29, 1.82) is 0 Å². The number of hydrogen-bond donors (Lipinski definition) is 2. The predicted octanol–water partition coefficient (Wildman–Crippen LogP) is 2.39. The van der Waals surface area contributed by atoms with Crippen LogP contribution < -0.4 is 5.32 Å². The van der Waals surface area contributed by atoms with Crippen LogP contribution in [0.15, 0.2) is 18.2 Å². The van der Waals surface area contributed by atoms with Gasteiger partial charge in [0.1, 0.15) is 0 Å². The molecule has 0 heterocycles. The zero-order chi connectivity index (χ0) is 15.5. The molecule has 1 rings (SSSR count). The molecule has 0 saturated heterocycles. The lowest BCUT2D eigenvalue weighted by molar-refractivity contribution is -0.384. The van der Waals surface area contributed by atoms with E-state index in [0.717, 1.165) is 6.07 Å². The molecule has 1 unspecified atom stereocenters. The Kier molecular flexibility index (Phi) is 5.08. The van der Waals surface area contributed by atoms with Crippen LogP contribution in [-0.4, -0.2) is 28.1 Å². The molecule has 0 bridgehead atoms. The molecule has 0 aliphatic heterocycles. The molecule has 6 nitrogen and oxygen atoms in total. The summed E-state index contributed by atoms with van der Waals surface area (Å²) in [6, 6.07) is 3.62. The summed E-state index contributed by atoms with van der Waals surface area (Å²) >= 11 is 5.85. The fraction of sp³-hybridized carbons (Fsp3) is 0.462. The van der Waals surface area contributed by atoms with E-state index in [0.29, 0.717) is 0 Å². The van der Waals surface area contributed by atoms with E-state index in [1.54, 1.807) is 6.92 Å². The number of rotatable bonds is 5. The second-order valence-corrected chi connectivity index (χ2v) is 5.52. The first kappa shape index (κ1) is 16.4. The first-order chi connectivity index (χ1) is 9.15. The smallest absolute Gasteiger partial charge is 0.270 e. The van der Waals surface area contributed by atoms with Crippen molar-refractivity contribution in [3.05, 3.63) is 38.9 Å². The molecule has 7 heteroatoms. The maximum absolute atomic E-state index is 11.9. The van der Waals surface area contributed by atoms with Gasteiger partial charge in [0.05, 0.1) is 21.1 Å². The number of hydrogen-bond acceptors (Lipinski definition) is 4. The molecule has 0 radical (unpaired) electrons. The molecule has 110 valence electrons. The Hall–Kier alpha value is -1.66. The Bertz CT molecular complexity index is 529. The van der Waals surface area contributed by atoms with Crippen molar-refractivity contribution in [2.24, 2.45) is 5.92 Å². The number of amides is 1. The Balaban J connectivity index is 2.81. The molecule has 0 aromatic heterocycles. The van der Waals surface area contributed by atoms with E-state index in [2.05, 4.69) is 5.32 Å². The van der Waals surface area contributed by atoms with Crippen molar-refractivity contribution in [3.8, 4) is 0 Å². The van der Waals surface area contributed by atoms with Crippen LogP contribution in [0.5, 0.6) is 0 Å². The Morgan fingerprint density at radius 1 is 1.55 bits per heavy atom. The minimum atomic E-state index is -1.04. The minimum Gasteiger partial charge on any atom is -0.388 e. The highest BCUT2D eigenvalue weighted by Gasteiger charge is 2.26. The van der Waals surface area contributed by atoms with Crippen LogP contribution in [0.1, 0.15) is 31.1 Å². The third kappa shape index (κ3) is 3.91. The average molecular weight is 301 g/mol. The number of carbonyl (C=O) groups is 1. The summed E-state index contributed by atoms with van der Waals surface area (Å²) in [4.78, 5) is 21.9. The highest BCUT2D eigenvalue weighted by atomic mass is 35.5. The first-order valence-electron chi connectivity index (χ1n) is 6.09. The molecule has 1 aromatic carbocycles. The third-order valence-electron chi connectivity index (χ3n) is 3.26. The van der Waals surface area contributed by atoms with Crippen molar-refractivity contribution >= 4 is 23.2 Å². The van der Waals surface area contributed by atoms with Crippen LogP contribution in [-0.2, 0) is 0 Å². The van der Waals surface area contributed by atoms with Gasteiger partial charge in [0.2, 0.25) is 0 Å². The van der Waals surface area contributed by atoms with E-state index in [4.69, 9.17) is 11.6 Å². The summed E-state index contributed by atoms with van der Waals surface area (Å²) in [5.74, 6) is -0.513. The number of benzene rings is 1.